The number of carbonyl (C=O) groups excluding carboxylic acids is 2. The zero-order valence-electron chi connectivity index (χ0n) is 71.7. The van der Waals surface area contributed by atoms with Crippen LogP contribution in [0.1, 0.15) is 21.3 Å². The van der Waals surface area contributed by atoms with E-state index in [-0.39, 0.29) is 131 Å². The number of hydrogen-bond donors (Lipinski definition) is 20. The summed E-state index contributed by atoms with van der Waals surface area (Å²) in [7, 11) is -43.2. The van der Waals surface area contributed by atoms with Crippen LogP contribution in [0.15, 0.2) is 237 Å². The van der Waals surface area contributed by atoms with Crippen molar-refractivity contribution in [3.05, 3.63) is 162 Å². The third-order valence-electron chi connectivity index (χ3n) is 18.0. The quantitative estimate of drug-likeness (QED) is 0.00422. The van der Waals surface area contributed by atoms with Crippen LogP contribution >= 0.6 is 47.3 Å². The van der Waals surface area contributed by atoms with Crippen molar-refractivity contribution in [1.29, 1.82) is 0 Å². The van der Waals surface area contributed by atoms with E-state index in [0.717, 1.165) is 116 Å². The Morgan fingerprint density at radius 2 is 0.801 bits per heavy atom. The number of nitrogens with zero attached hydrogens (tertiary/aromatic N) is 14. The molecule has 73 heteroatoms. The molecule has 778 valence electrons. The summed E-state index contributed by atoms with van der Waals surface area (Å²) in [6, 6.07) is 27.8. The summed E-state index contributed by atoms with van der Waals surface area (Å²) in [5, 5.41) is 106. The molecule has 2 amide bonds. The first-order valence-electron chi connectivity index (χ1n) is 38.3. The fourth-order valence-corrected chi connectivity index (χ4v) is 19.7. The molecule has 0 atom stereocenters. The lowest BCUT2D eigenvalue weighted by molar-refractivity contribution is -0.432. The fourth-order valence-electron chi connectivity index (χ4n) is 12.1. The minimum Gasteiger partial charge on any atom is -0.505 e. The molecule has 0 saturated carbocycles. The Balaban J connectivity index is 0.000000297. The van der Waals surface area contributed by atoms with Crippen molar-refractivity contribution >= 4 is 287 Å². The molecule has 21 N–H and O–H groups in total. The van der Waals surface area contributed by atoms with Crippen LogP contribution in [-0.2, 0) is 128 Å². The van der Waals surface area contributed by atoms with E-state index < -0.39 is 232 Å². The van der Waals surface area contributed by atoms with Gasteiger partial charge in [0, 0.05) is 53.6 Å². The van der Waals surface area contributed by atoms with Crippen molar-refractivity contribution in [1.82, 2.24) is 29.9 Å². The standard InChI is InChI=1S/C37H34ClN11O18S5.C35H30ClN11O20S6.CH4/c1-19(51)40-23-5-9-31(70(56,57)58)29(16-23)48-49-33-30(68-67-66-53)15-20-14-22(4-8-25(20)34(33)52)41-36-43-35(38)44-37(45-36)42-26-17-28(39-10-11-50)32(71(59,60)61)18-27(26)47-46-21-2-6-24(7-3-21)69(54,55)13-12-65-72(62,63)64;1-16(48)38-18-4-9-28(70(53,54)55)26(12-18)46-47-30-27(68-67-66-50)13-21-20(31(30)49)7-8-23(32(21)72(59,60)61)39-34-41-33(36)42-35(43-34)40-24-14-22(37)29(71(56,57)58)15-25(24)45-44-17-2-5-19(6-3-17)69(51,52)11-10-65-73(62,63)64;/h2-9,14-18,39,50,52-53H,10-13H2,1H3,(H,40,51)(H,56,57,58)(H,59,60,61)(H,62,63,64)(H2,41,42,43,44,45);2-9,12-15,49-50H,10-11,37H2,1H3,(H,38,48)(H,53,54,55)(H,56,57,58)(H,59,60,61)(H,62,63,64)(H2,39,40,41,42,43);1H4. The largest absolute Gasteiger partial charge is 0.505 e. The number of benzene rings is 10. The Hall–Kier alpha value is -13.3. The summed E-state index contributed by atoms with van der Waals surface area (Å²) in [6.45, 7) is -0.0739. The summed E-state index contributed by atoms with van der Waals surface area (Å²) in [4.78, 5) is 42.5. The highest BCUT2D eigenvalue weighted by molar-refractivity contribution is 7.95. The van der Waals surface area contributed by atoms with Crippen LogP contribution in [0.3, 0.4) is 0 Å². The van der Waals surface area contributed by atoms with E-state index in [9.17, 15) is 123 Å². The van der Waals surface area contributed by atoms with E-state index in [1.165, 1.54) is 49.4 Å². The van der Waals surface area contributed by atoms with Gasteiger partial charge in [0.25, 0.3) is 50.6 Å². The molecule has 2 aromatic heterocycles. The number of nitrogen functional groups attached to an aromatic ring is 1. The van der Waals surface area contributed by atoms with Crippen LogP contribution in [0.5, 0.6) is 11.5 Å². The van der Waals surface area contributed by atoms with Gasteiger partial charge in [-0.25, -0.2) is 35.7 Å². The number of rotatable bonds is 42. The third kappa shape index (κ3) is 31.4. The lowest BCUT2D eigenvalue weighted by Crippen LogP contribution is -2.15. The number of sulfone groups is 2. The zero-order chi connectivity index (χ0) is 106. The van der Waals surface area contributed by atoms with Crippen LogP contribution in [-0.4, -0.2) is 213 Å². The summed E-state index contributed by atoms with van der Waals surface area (Å²) in [5.41, 5.74) is 2.02. The van der Waals surface area contributed by atoms with E-state index in [1.54, 1.807) is 0 Å². The molecule has 146 heavy (non-hydrogen) atoms. The lowest BCUT2D eigenvalue weighted by atomic mass is 10.1. The van der Waals surface area contributed by atoms with E-state index >= 15 is 0 Å². The van der Waals surface area contributed by atoms with Crippen molar-refractivity contribution in [3.8, 4) is 11.5 Å². The number of aliphatic hydroxyl groups excluding tert-OH is 1. The number of anilines is 12. The molecule has 60 nitrogen and oxygen atoms in total. The number of fused-ring (bicyclic) bond motifs is 2. The monoisotopic (exact) mass is 2280 g/mol. The number of aromatic nitrogens is 6. The molecule has 0 saturated heterocycles. The van der Waals surface area contributed by atoms with E-state index in [4.69, 9.17) is 48.6 Å². The first kappa shape index (κ1) is 115. The van der Waals surface area contributed by atoms with Gasteiger partial charge in [-0.05, 0) is 180 Å². The predicted octanol–water partition coefficient (Wildman–Crippen LogP) is 13.2. The molecule has 0 aliphatic carbocycles. The van der Waals surface area contributed by atoms with Gasteiger partial charge in [-0.2, -0.15) is 99.1 Å². The Morgan fingerprint density at radius 3 is 1.22 bits per heavy atom. The van der Waals surface area contributed by atoms with Gasteiger partial charge in [-0.3, -0.25) is 41.5 Å². The minimum absolute atomic E-state index is 0. The molecule has 0 aliphatic heterocycles. The molecule has 10 aromatic carbocycles. The molecule has 0 spiro atoms. The van der Waals surface area contributed by atoms with Gasteiger partial charge in [-0.1, -0.05) is 17.5 Å². The number of halogens is 2. The molecule has 0 aliphatic rings. The maximum Gasteiger partial charge on any atom is 0.397 e. The highest BCUT2D eigenvalue weighted by Crippen LogP contribution is 2.50. The fraction of sp³-hybridized carbons (Fsp3) is 0.123. The summed E-state index contributed by atoms with van der Waals surface area (Å²) >= 11 is 12.9. The predicted molar refractivity (Wildman–Crippen MR) is 514 cm³/mol. The average molecular weight is 2290 g/mol. The maximum atomic E-state index is 13.1. The molecule has 12 aromatic rings. The zero-order valence-corrected chi connectivity index (χ0v) is 82.2. The molecule has 0 unspecified atom stereocenters. The Morgan fingerprint density at radius 1 is 0.404 bits per heavy atom. The Bertz CT molecular complexity index is 8390. The second kappa shape index (κ2) is 47.5. The van der Waals surface area contributed by atoms with Gasteiger partial charge < -0.3 is 58.3 Å². The number of nitrogens with one attached hydrogen (secondary N) is 7. The van der Waals surface area contributed by atoms with E-state index in [2.05, 4.69) is 135 Å². The highest BCUT2D eigenvalue weighted by atomic mass is 35.5. The van der Waals surface area contributed by atoms with Crippen LogP contribution in [0.4, 0.5) is 115 Å². The Labute approximate surface area is 841 Å². The van der Waals surface area contributed by atoms with Crippen molar-refractivity contribution in [2.24, 2.45) is 40.9 Å². The number of aliphatic hydroxyl groups is 1. The summed E-state index contributed by atoms with van der Waals surface area (Å²) in [6.07, 6.45) is 0. The van der Waals surface area contributed by atoms with Crippen molar-refractivity contribution in [2.45, 2.75) is 65.3 Å². The Kier molecular flexibility index (Phi) is 37.2. The van der Waals surface area contributed by atoms with E-state index in [1.807, 2.05) is 0 Å². The van der Waals surface area contributed by atoms with Gasteiger partial charge in [0.05, 0.1) is 115 Å². The number of hydrogen-bond acceptors (Lipinski definition) is 53. The van der Waals surface area contributed by atoms with Crippen molar-refractivity contribution < 1.29 is 170 Å². The van der Waals surface area contributed by atoms with Crippen molar-refractivity contribution in [2.75, 3.05) is 80.8 Å². The van der Waals surface area contributed by atoms with E-state index in [0.29, 0.717) is 12.0 Å². The van der Waals surface area contributed by atoms with Gasteiger partial charge in [0.1, 0.15) is 58.6 Å². The highest BCUT2D eigenvalue weighted by Gasteiger charge is 2.31. The number of nitrogens with two attached hydrogens (primary N) is 1. The van der Waals surface area contributed by atoms with Crippen LogP contribution < -0.4 is 43.0 Å². The molecule has 0 fully saturated rings. The van der Waals surface area contributed by atoms with Crippen LogP contribution in [0.25, 0.3) is 21.5 Å². The minimum atomic E-state index is -5.36. The van der Waals surface area contributed by atoms with Gasteiger partial charge in [0.15, 0.2) is 31.2 Å². The molecule has 0 bridgehead atoms. The molecular formula is C73H68Cl2N22O38S11. The average Bonchev–Trinajstić information content (AvgIpc) is 0.736. The first-order chi connectivity index (χ1) is 67.8. The topological polar surface area (TPSA) is 926 Å². The van der Waals surface area contributed by atoms with Gasteiger partial charge in [0.2, 0.25) is 46.2 Å². The summed E-state index contributed by atoms with van der Waals surface area (Å²) < 4.78 is 302. The lowest BCUT2D eigenvalue weighted by Gasteiger charge is -2.16. The maximum absolute atomic E-state index is 13.1. The second-order valence-electron chi connectivity index (χ2n) is 28.0. The number of phenolic OH excluding ortho intramolecular Hbond substituents is 2. The number of phenols is 2. The number of aromatic hydroxyl groups is 2. The number of azo groups is 4. The third-order valence-corrected chi connectivity index (χ3v) is 28.4. The molecule has 0 radical (unpaired) electrons. The van der Waals surface area contributed by atoms with Gasteiger partial charge >= 0.3 is 20.8 Å². The smallest absolute Gasteiger partial charge is 0.397 e. The van der Waals surface area contributed by atoms with Gasteiger partial charge in [-0.15, -0.1) is 39.4 Å². The molecule has 2 heterocycles. The normalized spacial score (nSPS) is 12.5. The number of amides is 2. The number of carbonyl (C=O) groups is 2. The van der Waals surface area contributed by atoms with Crippen LogP contribution in [0.2, 0.25) is 10.6 Å². The first-order valence-corrected chi connectivity index (χ1v) is 53.8. The molecule has 12 rings (SSSR count). The molecular weight excluding hydrogens is 2220 g/mol. The van der Waals surface area contributed by atoms with Crippen molar-refractivity contribution in [3.63, 3.8) is 0 Å². The summed E-state index contributed by atoms with van der Waals surface area (Å²) in [5.74, 6) is -5.73. The van der Waals surface area contributed by atoms with Crippen LogP contribution in [0, 0.1) is 0 Å². The second-order valence-corrected chi connectivity index (χ2v) is 43.5. The SMILES string of the molecule is C.CC(=O)Nc1ccc(S(=O)(=O)O)c(N=Nc2c(SOOO)cc3c(S(=O)(=O)O)c(Nc4nc(Cl)nc(Nc5cc(N)c(S(=O)(=O)O)cc5N=Nc5ccc(S(=O)(=O)CCOS(=O)(=O)O)cc5)n4)ccc3c2O)c1.CC(=O)Nc1ccc(S(=O)(=O)O)c(N=Nc2c(SOOO)cc3cc(Nc4nc(Cl)nc(Nc5cc(NCCO)c(S(=O)(=O)O)cc5N=Nc5ccc(S(=O)(=O)CCOS(=O)(=O)O)cc5)n4)ccc3c2O)c1.